The molecule has 2 unspecified atom stereocenters. The van der Waals surface area contributed by atoms with Crippen molar-refractivity contribution in [1.29, 1.82) is 0 Å². The predicted octanol–water partition coefficient (Wildman–Crippen LogP) is 3.11. The summed E-state index contributed by atoms with van der Waals surface area (Å²) in [7, 11) is 0. The Morgan fingerprint density at radius 3 is 2.58 bits per heavy atom. The molecule has 5 heteroatoms. The van der Waals surface area contributed by atoms with Crippen molar-refractivity contribution in [3.05, 3.63) is 76.9 Å². The minimum atomic E-state index is -0.308. The van der Waals surface area contributed by atoms with Gasteiger partial charge in [-0.05, 0) is 37.0 Å². The summed E-state index contributed by atoms with van der Waals surface area (Å²) in [5.41, 5.74) is 13.3. The van der Waals surface area contributed by atoms with Gasteiger partial charge in [-0.25, -0.2) is 16.3 Å². The van der Waals surface area contributed by atoms with Crippen molar-refractivity contribution in [3.63, 3.8) is 0 Å². The van der Waals surface area contributed by atoms with E-state index in [0.717, 1.165) is 11.1 Å². The lowest BCUT2D eigenvalue weighted by atomic mass is 10.0. The summed E-state index contributed by atoms with van der Waals surface area (Å²) in [6.45, 7) is 4.01. The molecule has 134 valence electrons. The summed E-state index contributed by atoms with van der Waals surface area (Å²) in [4.78, 5) is 12.3. The van der Waals surface area contributed by atoms with Crippen molar-refractivity contribution in [2.24, 2.45) is 5.10 Å². The molecule has 1 amide bonds. The number of carbonyl (C=O) groups excluding carboxylic acids is 1. The first-order valence-corrected chi connectivity index (χ1v) is 8.76. The highest BCUT2D eigenvalue weighted by Gasteiger charge is 2.29. The molecule has 1 aliphatic heterocycles. The van der Waals surface area contributed by atoms with Gasteiger partial charge in [-0.15, -0.1) is 0 Å². The fraction of sp³-hybridized carbons (Fsp3) is 0.238. The number of nitrogens with zero attached hydrogens (tertiary/aromatic N) is 1. The predicted molar refractivity (Wildman–Crippen MR) is 105 cm³/mol. The van der Waals surface area contributed by atoms with Gasteiger partial charge in [0, 0.05) is 6.04 Å². The second-order valence-electron chi connectivity index (χ2n) is 6.57. The van der Waals surface area contributed by atoms with Crippen molar-refractivity contribution in [1.82, 2.24) is 16.3 Å². The van der Waals surface area contributed by atoms with E-state index in [-0.39, 0.29) is 18.0 Å². The van der Waals surface area contributed by atoms with Crippen LogP contribution in [-0.4, -0.2) is 18.2 Å². The summed E-state index contributed by atoms with van der Waals surface area (Å²) in [5.74, 6) is -0.143. The Morgan fingerprint density at radius 2 is 1.85 bits per heavy atom. The molecule has 1 saturated heterocycles. The fourth-order valence-electron chi connectivity index (χ4n) is 2.87. The third-order valence-corrected chi connectivity index (χ3v) is 4.34. The fourth-order valence-corrected chi connectivity index (χ4v) is 2.87. The molecule has 3 rings (SSSR count). The Morgan fingerprint density at radius 1 is 1.12 bits per heavy atom. The van der Waals surface area contributed by atoms with Gasteiger partial charge in [-0.1, -0.05) is 66.2 Å². The number of rotatable bonds is 5. The van der Waals surface area contributed by atoms with Crippen LogP contribution in [0, 0.1) is 6.92 Å². The van der Waals surface area contributed by atoms with Crippen LogP contribution in [0.5, 0.6) is 0 Å². The summed E-state index contributed by atoms with van der Waals surface area (Å²) >= 11 is 0. The van der Waals surface area contributed by atoms with Crippen LogP contribution in [0.4, 0.5) is 0 Å². The molecule has 2 aromatic carbocycles. The van der Waals surface area contributed by atoms with Crippen molar-refractivity contribution < 1.29 is 4.79 Å². The van der Waals surface area contributed by atoms with Crippen LogP contribution in [0.3, 0.4) is 0 Å². The number of hydrogen-bond donors (Lipinski definition) is 3. The van der Waals surface area contributed by atoms with E-state index in [1.165, 1.54) is 11.1 Å². The number of aryl methyl sites for hydroxylation is 1. The van der Waals surface area contributed by atoms with Gasteiger partial charge in [0.05, 0.1) is 6.21 Å². The lowest BCUT2D eigenvalue weighted by Gasteiger charge is -2.09. The molecule has 5 nitrogen and oxygen atoms in total. The molecule has 0 spiro atoms. The van der Waals surface area contributed by atoms with E-state index in [1.807, 2.05) is 43.3 Å². The zero-order valence-electron chi connectivity index (χ0n) is 15.1. The molecule has 0 aromatic heterocycles. The number of nitrogens with one attached hydrogen (secondary N) is 3. The second-order valence-corrected chi connectivity index (χ2v) is 6.57. The minimum absolute atomic E-state index is 0.120. The number of hydrogen-bond acceptors (Lipinski definition) is 4. The van der Waals surface area contributed by atoms with Gasteiger partial charge in [0.1, 0.15) is 6.04 Å². The lowest BCUT2D eigenvalue weighted by molar-refractivity contribution is -0.122. The topological polar surface area (TPSA) is 65.5 Å². The molecular formula is C21H24N4O. The van der Waals surface area contributed by atoms with Crippen LogP contribution in [-0.2, 0) is 4.79 Å². The highest BCUT2D eigenvalue weighted by atomic mass is 16.2. The maximum atomic E-state index is 12.3. The molecule has 1 heterocycles. The molecule has 2 atom stereocenters. The van der Waals surface area contributed by atoms with E-state index in [0.29, 0.717) is 6.42 Å². The Kier molecular flexibility index (Phi) is 5.94. The van der Waals surface area contributed by atoms with E-state index < -0.39 is 0 Å². The molecule has 0 bridgehead atoms. The average molecular weight is 348 g/mol. The Labute approximate surface area is 154 Å². The average Bonchev–Trinajstić information content (AvgIpc) is 3.13. The van der Waals surface area contributed by atoms with Crippen LogP contribution in [0.15, 0.2) is 65.3 Å². The molecule has 0 aliphatic carbocycles. The van der Waals surface area contributed by atoms with Gasteiger partial charge in [0.2, 0.25) is 0 Å². The normalized spacial score (nSPS) is 20.5. The first-order chi connectivity index (χ1) is 12.6. The van der Waals surface area contributed by atoms with Crippen molar-refractivity contribution in [2.75, 3.05) is 0 Å². The number of carbonyl (C=O) groups is 1. The van der Waals surface area contributed by atoms with E-state index >= 15 is 0 Å². The highest BCUT2D eigenvalue weighted by molar-refractivity contribution is 5.87. The first-order valence-electron chi connectivity index (χ1n) is 8.76. The lowest BCUT2D eigenvalue weighted by Crippen LogP contribution is -2.41. The van der Waals surface area contributed by atoms with E-state index in [9.17, 15) is 4.79 Å². The summed E-state index contributed by atoms with van der Waals surface area (Å²) < 4.78 is 0. The number of allylic oxidation sites excluding steroid dienone is 1. The van der Waals surface area contributed by atoms with Gasteiger partial charge >= 0.3 is 0 Å². The zero-order valence-corrected chi connectivity index (χ0v) is 15.1. The van der Waals surface area contributed by atoms with Gasteiger partial charge in [-0.3, -0.25) is 4.79 Å². The van der Waals surface area contributed by atoms with Crippen LogP contribution < -0.4 is 16.3 Å². The molecule has 0 saturated carbocycles. The highest BCUT2D eigenvalue weighted by Crippen LogP contribution is 2.22. The number of amides is 1. The molecular weight excluding hydrogens is 324 g/mol. The van der Waals surface area contributed by atoms with Gasteiger partial charge < -0.3 is 0 Å². The quantitative estimate of drug-likeness (QED) is 0.575. The van der Waals surface area contributed by atoms with Gasteiger partial charge in [-0.2, -0.15) is 5.10 Å². The molecule has 3 N–H and O–H groups in total. The zero-order chi connectivity index (χ0) is 18.4. The Bertz CT molecular complexity index is 797. The SMILES string of the molecule is CC(=C/c1ccccc1)/C=N/NC(=O)C1CC(c2ccc(C)cc2)NN1. The van der Waals surface area contributed by atoms with E-state index in [2.05, 4.69) is 52.6 Å². The molecule has 26 heavy (non-hydrogen) atoms. The van der Waals surface area contributed by atoms with Gasteiger partial charge in [0.25, 0.3) is 5.91 Å². The molecule has 2 aromatic rings. The number of benzene rings is 2. The van der Waals surface area contributed by atoms with Crippen molar-refractivity contribution >= 4 is 18.2 Å². The summed E-state index contributed by atoms with van der Waals surface area (Å²) in [5, 5.41) is 4.06. The Balaban J connectivity index is 1.51. The standard InChI is InChI=1S/C21H24N4O/c1-15-8-10-18(11-9-15)19-13-20(24-23-19)21(26)25-22-14-16(2)12-17-6-4-3-5-7-17/h3-12,14,19-20,23-24H,13H2,1-2H3,(H,25,26)/b16-12-,22-14+. The molecule has 1 fully saturated rings. The number of hydrazine groups is 1. The van der Waals surface area contributed by atoms with Gasteiger partial charge in [0.15, 0.2) is 0 Å². The summed E-state index contributed by atoms with van der Waals surface area (Å²) in [6, 6.07) is 18.1. The van der Waals surface area contributed by atoms with E-state index in [1.54, 1.807) is 6.21 Å². The van der Waals surface area contributed by atoms with Crippen molar-refractivity contribution in [2.45, 2.75) is 32.4 Å². The maximum absolute atomic E-state index is 12.3. The third-order valence-electron chi connectivity index (χ3n) is 4.34. The van der Waals surface area contributed by atoms with Crippen LogP contribution >= 0.6 is 0 Å². The largest absolute Gasteiger partial charge is 0.271 e. The monoisotopic (exact) mass is 348 g/mol. The van der Waals surface area contributed by atoms with Crippen LogP contribution in [0.25, 0.3) is 6.08 Å². The smallest absolute Gasteiger partial charge is 0.258 e. The Hall–Kier alpha value is -2.76. The van der Waals surface area contributed by atoms with E-state index in [4.69, 9.17) is 0 Å². The number of hydrazone groups is 1. The molecule has 1 aliphatic rings. The minimum Gasteiger partial charge on any atom is -0.271 e. The summed E-state index contributed by atoms with van der Waals surface area (Å²) in [6.07, 6.45) is 4.35. The molecule has 0 radical (unpaired) electrons. The second kappa shape index (κ2) is 8.56. The first kappa shape index (κ1) is 18.0. The van der Waals surface area contributed by atoms with Crippen molar-refractivity contribution in [3.8, 4) is 0 Å². The van der Waals surface area contributed by atoms with Crippen LogP contribution in [0.2, 0.25) is 0 Å². The third kappa shape index (κ3) is 4.88. The maximum Gasteiger partial charge on any atom is 0.258 e. The van der Waals surface area contributed by atoms with Crippen LogP contribution in [0.1, 0.15) is 36.1 Å².